The predicted molar refractivity (Wildman–Crippen MR) is 19.2 cm³/mol. The van der Waals surface area contributed by atoms with E-state index in [0.717, 1.165) is 6.92 Å². The first kappa shape index (κ1) is 7.13. The van der Waals surface area contributed by atoms with Gasteiger partial charge in [-0.05, 0) is 0 Å². The summed E-state index contributed by atoms with van der Waals surface area (Å²) in [5.74, 6) is 0. The van der Waals surface area contributed by atoms with Gasteiger partial charge in [-0.3, -0.25) is 0 Å². The van der Waals surface area contributed by atoms with Gasteiger partial charge in [-0.1, -0.05) is 0 Å². The van der Waals surface area contributed by atoms with Gasteiger partial charge in [0.15, 0.2) is 0 Å². The largest absolute Gasteiger partial charge is 0.547 e. The second-order valence-corrected chi connectivity index (χ2v) is 0.988. The molecule has 0 amide bonds. The van der Waals surface area contributed by atoms with E-state index < -0.39 is 12.5 Å². The Labute approximate surface area is 44.1 Å². The van der Waals surface area contributed by atoms with Gasteiger partial charge in [0.25, 0.3) is 0 Å². The molecule has 0 spiro atoms. The van der Waals surface area contributed by atoms with E-state index in [-0.39, 0.29) is 0 Å². The summed E-state index contributed by atoms with van der Waals surface area (Å²) in [5.41, 5.74) is 0. The average molecular weight is 126 g/mol. The molecule has 1 atom stereocenters. The Morgan fingerprint density at radius 2 is 2.25 bits per heavy atom. The van der Waals surface area contributed by atoms with Crippen LogP contribution in [0.25, 0.3) is 0 Å². The van der Waals surface area contributed by atoms with E-state index in [1.54, 1.807) is 0 Å². The van der Waals surface area contributed by atoms with Crippen molar-refractivity contribution in [2.45, 2.75) is 13.3 Å². The lowest BCUT2D eigenvalue weighted by molar-refractivity contribution is -0.123. The van der Waals surface area contributed by atoms with Crippen LogP contribution in [-0.2, 0) is 9.68 Å². The third-order valence-corrected chi connectivity index (χ3v) is 0.322. The highest BCUT2D eigenvalue weighted by Gasteiger charge is 2.07. The molecule has 5 heteroatoms. The number of hydrogen-bond donors (Lipinski definition) is 0. The van der Waals surface area contributed by atoms with Crippen molar-refractivity contribution in [3.8, 4) is 0 Å². The molecule has 0 fully saturated rings. The summed E-state index contributed by atoms with van der Waals surface area (Å²) in [5, 5.41) is 0. The van der Waals surface area contributed by atoms with Crippen molar-refractivity contribution in [1.82, 2.24) is 0 Å². The summed E-state index contributed by atoms with van der Waals surface area (Å²) in [7, 11) is 0. The maximum absolute atomic E-state index is 11.4. The Hall–Kier alpha value is -0.870. The third-order valence-electron chi connectivity index (χ3n) is 0.322. The van der Waals surface area contributed by atoms with Crippen molar-refractivity contribution in [2.24, 2.45) is 0 Å². The molecule has 3 nitrogen and oxygen atoms in total. The molecule has 0 saturated heterocycles. The van der Waals surface area contributed by atoms with Crippen molar-refractivity contribution in [1.29, 1.82) is 0 Å². The van der Waals surface area contributed by atoms with Crippen LogP contribution < -0.4 is 0 Å². The molecular weight excluding hydrogens is 122 g/mol. The second-order valence-electron chi connectivity index (χ2n) is 0.988. The number of alkyl halides is 1. The molecule has 0 aromatic carbocycles. The van der Waals surface area contributed by atoms with E-state index in [1.165, 1.54) is 0 Å². The summed E-state index contributed by atoms with van der Waals surface area (Å²) in [6, 6.07) is 0. The second kappa shape index (κ2) is 3.17. The topological polar surface area (TPSA) is 35.5 Å². The highest BCUT2D eigenvalue weighted by atomic mass is 19.3. The van der Waals surface area contributed by atoms with E-state index in [4.69, 9.17) is 0 Å². The maximum Gasteiger partial charge on any atom is 0.547 e. The Kier molecular flexibility index (Phi) is 2.83. The Morgan fingerprint density at radius 1 is 1.75 bits per heavy atom. The van der Waals surface area contributed by atoms with E-state index >= 15 is 0 Å². The van der Waals surface area contributed by atoms with Crippen molar-refractivity contribution in [2.75, 3.05) is 0 Å². The highest BCUT2D eigenvalue weighted by molar-refractivity contribution is 5.58. The minimum Gasteiger partial charge on any atom is -0.398 e. The lowest BCUT2D eigenvalue weighted by Gasteiger charge is -1.97. The van der Waals surface area contributed by atoms with Crippen molar-refractivity contribution in [3.05, 3.63) is 0 Å². The zero-order valence-electron chi connectivity index (χ0n) is 4.06. The molecule has 0 aliphatic heterocycles. The molecule has 8 heavy (non-hydrogen) atoms. The molecule has 48 valence electrons. The van der Waals surface area contributed by atoms with Gasteiger partial charge in [-0.25, -0.2) is 14.1 Å². The number of rotatable bonds is 1. The van der Waals surface area contributed by atoms with Crippen LogP contribution in [0.1, 0.15) is 6.92 Å². The van der Waals surface area contributed by atoms with E-state index in [2.05, 4.69) is 9.68 Å². The van der Waals surface area contributed by atoms with Gasteiger partial charge in [0.05, 0.1) is 0 Å². The smallest absolute Gasteiger partial charge is 0.398 e. The summed E-state index contributed by atoms with van der Waals surface area (Å²) >= 11 is 0. The zero-order chi connectivity index (χ0) is 6.57. The van der Waals surface area contributed by atoms with Crippen LogP contribution in [0.5, 0.6) is 0 Å². The van der Waals surface area contributed by atoms with E-state index in [1.807, 2.05) is 0 Å². The van der Waals surface area contributed by atoms with Gasteiger partial charge in [0, 0.05) is 11.4 Å². The molecule has 1 unspecified atom stereocenters. The molecule has 0 rings (SSSR count). The van der Waals surface area contributed by atoms with Crippen LogP contribution >= 0.6 is 0 Å². The molecule has 0 aromatic rings. The Morgan fingerprint density at radius 3 is 2.38 bits per heavy atom. The molecule has 0 N–H and O–H groups in total. The Balaban J connectivity index is 3.25. The standard InChI is InChI=1S/C3H4F2O3/c1-2(4)7-3(6)8-5/h2H,1H3. The van der Waals surface area contributed by atoms with Crippen LogP contribution in [0.2, 0.25) is 0 Å². The predicted octanol–water partition coefficient (Wildman–Crippen LogP) is 1.34. The molecule has 0 aliphatic rings. The van der Waals surface area contributed by atoms with Gasteiger partial charge < -0.3 is 4.74 Å². The van der Waals surface area contributed by atoms with Gasteiger partial charge in [0.2, 0.25) is 6.36 Å². The monoisotopic (exact) mass is 126 g/mol. The highest BCUT2D eigenvalue weighted by Crippen LogP contribution is 1.93. The van der Waals surface area contributed by atoms with Crippen LogP contribution in [-0.4, -0.2) is 12.5 Å². The fraction of sp³-hybridized carbons (Fsp3) is 0.667. The molecule has 0 bridgehead atoms. The average Bonchev–Trinajstić information content (AvgIpc) is 1.65. The van der Waals surface area contributed by atoms with E-state index in [9.17, 15) is 13.7 Å². The number of halogens is 2. The fourth-order valence-electron chi connectivity index (χ4n) is 0.151. The first-order valence-electron chi connectivity index (χ1n) is 1.80. The summed E-state index contributed by atoms with van der Waals surface area (Å²) in [4.78, 5) is 12.0. The van der Waals surface area contributed by atoms with Crippen LogP contribution in [0.3, 0.4) is 0 Å². The van der Waals surface area contributed by atoms with Crippen molar-refractivity contribution >= 4 is 6.16 Å². The first-order chi connectivity index (χ1) is 3.66. The van der Waals surface area contributed by atoms with Gasteiger partial charge in [-0.2, -0.15) is 0 Å². The van der Waals surface area contributed by atoms with Crippen molar-refractivity contribution < 1.29 is 23.4 Å². The minimum atomic E-state index is -1.83. The molecule has 0 radical (unpaired) electrons. The number of carbonyl (C=O) groups excluding carboxylic acids is 1. The van der Waals surface area contributed by atoms with Gasteiger partial charge in [0.1, 0.15) is 0 Å². The molecular formula is C3H4F2O3. The molecule has 0 saturated carbocycles. The van der Waals surface area contributed by atoms with Gasteiger partial charge >= 0.3 is 6.16 Å². The molecule has 0 aromatic heterocycles. The minimum absolute atomic E-state index is 0.928. The number of ether oxygens (including phenoxy) is 1. The van der Waals surface area contributed by atoms with Crippen molar-refractivity contribution in [3.63, 3.8) is 0 Å². The lowest BCUT2D eigenvalue weighted by atomic mass is 10.8. The summed E-state index contributed by atoms with van der Waals surface area (Å²) < 4.78 is 25.6. The maximum atomic E-state index is 11.4. The molecule has 0 aliphatic carbocycles. The lowest BCUT2D eigenvalue weighted by Crippen LogP contribution is -2.07. The summed E-state index contributed by atoms with van der Waals surface area (Å²) in [6.07, 6.45) is -3.50. The first-order valence-corrected chi connectivity index (χ1v) is 1.80. The quantitative estimate of drug-likeness (QED) is 0.497. The van der Waals surface area contributed by atoms with Crippen LogP contribution in [0.4, 0.5) is 13.7 Å². The zero-order valence-corrected chi connectivity index (χ0v) is 4.06. The number of hydrogen-bond acceptors (Lipinski definition) is 3. The fourth-order valence-corrected chi connectivity index (χ4v) is 0.151. The number of carbonyl (C=O) groups is 1. The Bertz CT molecular complexity index is 82.6. The normalized spacial score (nSPS) is 12.4. The SMILES string of the molecule is CC(F)OC(=O)OF. The van der Waals surface area contributed by atoms with Gasteiger partial charge in [-0.15, -0.1) is 0 Å². The van der Waals surface area contributed by atoms with Crippen LogP contribution in [0.15, 0.2) is 0 Å². The summed E-state index contributed by atoms with van der Waals surface area (Å²) in [6.45, 7) is 0.928. The third kappa shape index (κ3) is 3.32. The van der Waals surface area contributed by atoms with Crippen LogP contribution in [0, 0.1) is 0 Å². The molecule has 0 heterocycles. The van der Waals surface area contributed by atoms with E-state index in [0.29, 0.717) is 0 Å².